The van der Waals surface area contributed by atoms with Crippen molar-refractivity contribution >= 4 is 22.9 Å². The molecule has 1 N–H and O–H groups in total. The Balaban J connectivity index is 1.81. The predicted octanol–water partition coefficient (Wildman–Crippen LogP) is 1.65. The van der Waals surface area contributed by atoms with Crippen molar-refractivity contribution in [2.45, 2.75) is 6.42 Å². The van der Waals surface area contributed by atoms with Crippen LogP contribution in [0.5, 0.6) is 0 Å². The Hall–Kier alpha value is -2.54. The number of rotatable bonds is 5. The van der Waals surface area contributed by atoms with Crippen LogP contribution in [-0.4, -0.2) is 31.3 Å². The number of hydrogen-bond donors (Lipinski definition) is 1. The highest BCUT2D eigenvalue weighted by atomic mass is 32.1. The van der Waals surface area contributed by atoms with Gasteiger partial charge >= 0.3 is 0 Å². The van der Waals surface area contributed by atoms with Gasteiger partial charge in [-0.2, -0.15) is 5.10 Å². The molecule has 100 valence electrons. The Labute approximate surface area is 118 Å². The third-order valence-electron chi connectivity index (χ3n) is 2.80. The number of ketones is 2. The van der Waals surface area contributed by atoms with E-state index < -0.39 is 11.6 Å². The summed E-state index contributed by atoms with van der Waals surface area (Å²) in [5.41, 5.74) is 0.769. The molecule has 0 radical (unpaired) electrons. The van der Waals surface area contributed by atoms with Gasteiger partial charge in [0.05, 0.1) is 11.4 Å². The van der Waals surface area contributed by atoms with E-state index in [1.165, 1.54) is 6.33 Å². The number of thiophene rings is 1. The maximum Gasteiger partial charge on any atom is 0.265 e. The highest BCUT2D eigenvalue weighted by Gasteiger charge is 2.20. The zero-order valence-corrected chi connectivity index (χ0v) is 11.1. The third-order valence-corrected chi connectivity index (χ3v) is 3.67. The third kappa shape index (κ3) is 2.30. The van der Waals surface area contributed by atoms with Gasteiger partial charge < -0.3 is 4.57 Å². The molecule has 0 fully saturated rings. The van der Waals surface area contributed by atoms with E-state index in [-0.39, 0.29) is 12.2 Å². The summed E-state index contributed by atoms with van der Waals surface area (Å²) in [6, 6.07) is 7.56. The molecule has 0 saturated heterocycles. The van der Waals surface area contributed by atoms with Crippen LogP contribution in [0.4, 0.5) is 0 Å². The summed E-state index contributed by atoms with van der Waals surface area (Å²) < 4.78 is 1.90. The van der Waals surface area contributed by atoms with Crippen molar-refractivity contribution in [2.24, 2.45) is 0 Å². The molecule has 0 atom stereocenters. The zero-order chi connectivity index (χ0) is 13.9. The molecule has 3 heterocycles. The average molecular weight is 286 g/mol. The fraction of sp³-hybridized carbons (Fsp3) is 0.0769. The molecule has 3 aromatic heterocycles. The van der Waals surface area contributed by atoms with E-state index >= 15 is 0 Å². The minimum atomic E-state index is -0.651. The monoisotopic (exact) mass is 286 g/mol. The number of nitrogens with zero attached hydrogens (tertiary/aromatic N) is 3. The summed E-state index contributed by atoms with van der Waals surface area (Å²) in [5, 5.41) is 8.94. The Bertz CT molecular complexity index is 728. The standard InChI is InChI=1S/C13H10N4O2S/c18-10(12(19)13-14-8-15-16-13)7-9-3-1-5-17(9)11-4-2-6-20-11/h1-6,8H,7H2,(H,14,15,16). The number of aromatic amines is 1. The van der Waals surface area contributed by atoms with Gasteiger partial charge in [0.2, 0.25) is 5.78 Å². The van der Waals surface area contributed by atoms with E-state index in [0.717, 1.165) is 10.7 Å². The van der Waals surface area contributed by atoms with Gasteiger partial charge in [0.15, 0.2) is 5.82 Å². The van der Waals surface area contributed by atoms with Crippen molar-refractivity contribution in [2.75, 3.05) is 0 Å². The maximum atomic E-state index is 12.0. The Kier molecular flexibility index (Phi) is 3.26. The van der Waals surface area contributed by atoms with Crippen LogP contribution in [0.3, 0.4) is 0 Å². The molecule has 0 aliphatic heterocycles. The smallest absolute Gasteiger partial charge is 0.265 e. The molecule has 0 aliphatic rings. The minimum Gasteiger partial charge on any atom is -0.312 e. The molecule has 0 saturated carbocycles. The molecule has 6 nitrogen and oxygen atoms in total. The van der Waals surface area contributed by atoms with Crippen molar-refractivity contribution in [3.05, 3.63) is 53.7 Å². The summed E-state index contributed by atoms with van der Waals surface area (Å²) in [6.45, 7) is 0. The molecule has 3 rings (SSSR count). The molecule has 0 amide bonds. The summed E-state index contributed by atoms with van der Waals surface area (Å²) in [4.78, 5) is 27.5. The van der Waals surface area contributed by atoms with Crippen LogP contribution in [-0.2, 0) is 11.2 Å². The first kappa shape index (κ1) is 12.5. The van der Waals surface area contributed by atoms with Crippen molar-refractivity contribution in [3.63, 3.8) is 0 Å². The molecule has 3 aromatic rings. The van der Waals surface area contributed by atoms with Crippen LogP contribution >= 0.6 is 11.3 Å². The van der Waals surface area contributed by atoms with Gasteiger partial charge in [-0.3, -0.25) is 14.7 Å². The SMILES string of the molecule is O=C(Cc1cccn1-c1cccs1)C(=O)c1ncn[nH]1. The number of carbonyl (C=O) groups excluding carboxylic acids is 2. The highest BCUT2D eigenvalue weighted by molar-refractivity contribution is 7.12. The van der Waals surface area contributed by atoms with Crippen LogP contribution in [0.15, 0.2) is 42.2 Å². The number of H-pyrrole nitrogens is 1. The molecule has 20 heavy (non-hydrogen) atoms. The van der Waals surface area contributed by atoms with Crippen molar-refractivity contribution in [1.82, 2.24) is 19.7 Å². The molecule has 0 aliphatic carbocycles. The molecule has 0 spiro atoms. The normalized spacial score (nSPS) is 10.6. The molecule has 7 heteroatoms. The lowest BCUT2D eigenvalue weighted by Crippen LogP contribution is -2.19. The average Bonchev–Trinajstić information content (AvgIpc) is 3.19. The second kappa shape index (κ2) is 5.22. The van der Waals surface area contributed by atoms with Gasteiger partial charge in [0, 0.05) is 11.9 Å². The predicted molar refractivity (Wildman–Crippen MR) is 73.1 cm³/mol. The topological polar surface area (TPSA) is 80.6 Å². The van der Waals surface area contributed by atoms with E-state index in [0.29, 0.717) is 0 Å². The van der Waals surface area contributed by atoms with E-state index in [1.807, 2.05) is 40.4 Å². The lowest BCUT2D eigenvalue weighted by atomic mass is 10.1. The lowest BCUT2D eigenvalue weighted by molar-refractivity contribution is -0.114. The Morgan fingerprint density at radius 3 is 2.90 bits per heavy atom. The Morgan fingerprint density at radius 2 is 2.20 bits per heavy atom. The van der Waals surface area contributed by atoms with Crippen molar-refractivity contribution in [1.29, 1.82) is 0 Å². The minimum absolute atomic E-state index is 0.0239. The van der Waals surface area contributed by atoms with Crippen LogP contribution < -0.4 is 0 Å². The largest absolute Gasteiger partial charge is 0.312 e. The van der Waals surface area contributed by atoms with Gasteiger partial charge in [-0.25, -0.2) is 4.98 Å². The number of aromatic nitrogens is 4. The Morgan fingerprint density at radius 1 is 1.30 bits per heavy atom. The highest BCUT2D eigenvalue weighted by Crippen LogP contribution is 2.18. The summed E-state index contributed by atoms with van der Waals surface area (Å²) >= 11 is 1.57. The number of Topliss-reactive ketones (excluding diaryl/α,β-unsaturated/α-hetero) is 2. The first-order valence-corrected chi connectivity index (χ1v) is 6.76. The van der Waals surface area contributed by atoms with Crippen LogP contribution in [0.1, 0.15) is 16.3 Å². The lowest BCUT2D eigenvalue weighted by Gasteiger charge is -2.05. The summed E-state index contributed by atoms with van der Waals surface area (Å²) in [5.74, 6) is -1.19. The van der Waals surface area contributed by atoms with E-state index in [2.05, 4.69) is 15.2 Å². The van der Waals surface area contributed by atoms with Gasteiger partial charge in [0.1, 0.15) is 6.33 Å². The zero-order valence-electron chi connectivity index (χ0n) is 10.3. The molecule has 0 unspecified atom stereocenters. The van der Waals surface area contributed by atoms with Crippen molar-refractivity contribution in [3.8, 4) is 5.00 Å². The van der Waals surface area contributed by atoms with Crippen molar-refractivity contribution < 1.29 is 9.59 Å². The number of carbonyl (C=O) groups is 2. The van der Waals surface area contributed by atoms with Gasteiger partial charge in [-0.15, -0.1) is 11.3 Å². The molecule has 0 bridgehead atoms. The first-order valence-electron chi connectivity index (χ1n) is 5.88. The van der Waals surface area contributed by atoms with E-state index in [9.17, 15) is 9.59 Å². The second-order valence-electron chi connectivity index (χ2n) is 4.08. The van der Waals surface area contributed by atoms with Crippen LogP contribution in [0.2, 0.25) is 0 Å². The van der Waals surface area contributed by atoms with Crippen LogP contribution in [0, 0.1) is 0 Å². The maximum absolute atomic E-state index is 12.0. The fourth-order valence-corrected chi connectivity index (χ4v) is 2.62. The fourth-order valence-electron chi connectivity index (χ4n) is 1.87. The van der Waals surface area contributed by atoms with Gasteiger partial charge in [0.25, 0.3) is 5.78 Å². The van der Waals surface area contributed by atoms with E-state index in [1.54, 1.807) is 11.3 Å². The second-order valence-corrected chi connectivity index (χ2v) is 5.01. The number of hydrogen-bond acceptors (Lipinski definition) is 5. The van der Waals surface area contributed by atoms with Crippen LogP contribution in [0.25, 0.3) is 5.00 Å². The molecular weight excluding hydrogens is 276 g/mol. The van der Waals surface area contributed by atoms with Gasteiger partial charge in [-0.05, 0) is 29.6 Å². The molecular formula is C13H10N4O2S. The summed E-state index contributed by atoms with van der Waals surface area (Å²) in [7, 11) is 0. The van der Waals surface area contributed by atoms with E-state index in [4.69, 9.17) is 0 Å². The first-order chi connectivity index (χ1) is 9.75. The molecule has 0 aromatic carbocycles. The summed E-state index contributed by atoms with van der Waals surface area (Å²) in [6.07, 6.45) is 3.10. The quantitative estimate of drug-likeness (QED) is 0.571. The number of nitrogens with one attached hydrogen (secondary N) is 1. The van der Waals surface area contributed by atoms with Gasteiger partial charge in [-0.1, -0.05) is 0 Å².